The van der Waals surface area contributed by atoms with Crippen LogP contribution in [0.1, 0.15) is 22.3 Å². The van der Waals surface area contributed by atoms with E-state index >= 15 is 0 Å². The van der Waals surface area contributed by atoms with E-state index in [0.717, 1.165) is 89.0 Å². The van der Waals surface area contributed by atoms with E-state index in [1.165, 1.54) is 0 Å². The monoisotopic (exact) mass is 732 g/mol. The van der Waals surface area contributed by atoms with Crippen LogP contribution in [0.15, 0.2) is 178 Å². The number of phenolic OH excluding ortho intramolecular Hbond substituents is 2. The van der Waals surface area contributed by atoms with Crippen molar-refractivity contribution in [2.75, 3.05) is 10.6 Å². The minimum atomic E-state index is 0.258. The Kier molecular flexibility index (Phi) is 10.2. The second-order valence-corrected chi connectivity index (χ2v) is 13.8. The zero-order chi connectivity index (χ0) is 38.4. The Balaban J connectivity index is 0.963. The minimum absolute atomic E-state index is 0.258. The minimum Gasteiger partial charge on any atom is -0.508 e. The van der Waals surface area contributed by atoms with Crippen molar-refractivity contribution in [3.05, 3.63) is 180 Å². The lowest BCUT2D eigenvalue weighted by Gasteiger charge is -2.12. The summed E-state index contributed by atoms with van der Waals surface area (Å²) in [6.45, 7) is 5.39. The van der Waals surface area contributed by atoms with Crippen LogP contribution in [0, 0.1) is 13.8 Å². The van der Waals surface area contributed by atoms with Gasteiger partial charge in [0.05, 0.1) is 22.7 Å². The van der Waals surface area contributed by atoms with Crippen LogP contribution in [0.25, 0.3) is 32.7 Å². The van der Waals surface area contributed by atoms with Gasteiger partial charge in [-0.3, -0.25) is 0 Å². The fourth-order valence-corrected chi connectivity index (χ4v) is 6.78. The van der Waals surface area contributed by atoms with Gasteiger partial charge in [-0.15, -0.1) is 10.2 Å². The molecule has 56 heavy (non-hydrogen) atoms. The molecule has 0 radical (unpaired) electrons. The van der Waals surface area contributed by atoms with Crippen molar-refractivity contribution in [1.29, 1.82) is 0 Å². The van der Waals surface area contributed by atoms with Crippen LogP contribution < -0.4 is 10.6 Å². The van der Waals surface area contributed by atoms with Gasteiger partial charge in [-0.25, -0.2) is 0 Å². The molecule has 0 aliphatic rings. The van der Waals surface area contributed by atoms with E-state index in [9.17, 15) is 10.2 Å². The van der Waals surface area contributed by atoms with Gasteiger partial charge in [-0.05, 0) is 120 Å². The van der Waals surface area contributed by atoms with Gasteiger partial charge in [0.15, 0.2) is 0 Å². The van der Waals surface area contributed by atoms with E-state index in [0.29, 0.717) is 13.1 Å². The summed E-state index contributed by atoms with van der Waals surface area (Å²) in [5, 5.41) is 49.1. The first-order chi connectivity index (χ1) is 27.4. The fourth-order valence-electron chi connectivity index (χ4n) is 6.78. The summed E-state index contributed by atoms with van der Waals surface area (Å²) in [6, 6.07) is 51.3. The van der Waals surface area contributed by atoms with Gasteiger partial charge in [0, 0.05) is 46.0 Å². The lowest BCUT2D eigenvalue weighted by atomic mass is 10.0. The molecular weight excluding hydrogens is 693 g/mol. The van der Waals surface area contributed by atoms with Crippen molar-refractivity contribution in [2.24, 2.45) is 20.5 Å². The highest BCUT2D eigenvalue weighted by molar-refractivity contribution is 6.01. The van der Waals surface area contributed by atoms with Gasteiger partial charge in [-0.2, -0.15) is 10.2 Å². The molecule has 8 aromatic rings. The lowest BCUT2D eigenvalue weighted by Crippen LogP contribution is -1.99. The smallest absolute Gasteiger partial charge is 0.115 e. The van der Waals surface area contributed by atoms with Gasteiger partial charge in [0.1, 0.15) is 11.5 Å². The Morgan fingerprint density at radius 3 is 1.14 bits per heavy atom. The topological polar surface area (TPSA) is 114 Å². The second-order valence-electron chi connectivity index (χ2n) is 13.8. The first kappa shape index (κ1) is 35.7. The summed E-state index contributed by atoms with van der Waals surface area (Å²) in [5.41, 5.74) is 11.6. The van der Waals surface area contributed by atoms with Crippen molar-refractivity contribution in [1.82, 2.24) is 0 Å². The van der Waals surface area contributed by atoms with Crippen molar-refractivity contribution >= 4 is 55.7 Å². The number of nitrogens with zero attached hydrogens (tertiary/aromatic N) is 4. The largest absolute Gasteiger partial charge is 0.508 e. The number of phenols is 2. The summed E-state index contributed by atoms with van der Waals surface area (Å²) >= 11 is 0. The Morgan fingerprint density at radius 1 is 0.393 bits per heavy atom. The molecule has 0 bridgehead atoms. The van der Waals surface area contributed by atoms with Crippen molar-refractivity contribution in [2.45, 2.75) is 26.9 Å². The molecule has 0 unspecified atom stereocenters. The molecule has 0 aliphatic carbocycles. The number of hydrogen-bond acceptors (Lipinski definition) is 8. The van der Waals surface area contributed by atoms with Crippen molar-refractivity contribution in [3.8, 4) is 22.6 Å². The van der Waals surface area contributed by atoms with Gasteiger partial charge in [-0.1, -0.05) is 84.9 Å². The summed E-state index contributed by atoms with van der Waals surface area (Å²) in [4.78, 5) is 0. The molecule has 0 amide bonds. The quantitative estimate of drug-likeness (QED) is 0.0991. The highest BCUT2D eigenvalue weighted by Gasteiger charge is 2.10. The van der Waals surface area contributed by atoms with E-state index < -0.39 is 0 Å². The van der Waals surface area contributed by atoms with Crippen molar-refractivity contribution < 1.29 is 10.2 Å². The maximum Gasteiger partial charge on any atom is 0.115 e. The number of hydrogen-bond donors (Lipinski definition) is 4. The van der Waals surface area contributed by atoms with E-state index in [-0.39, 0.29) is 11.5 Å². The zero-order valence-corrected chi connectivity index (χ0v) is 31.1. The molecule has 4 N–H and O–H groups in total. The summed E-state index contributed by atoms with van der Waals surface area (Å²) in [5.74, 6) is 0.516. The summed E-state index contributed by atoms with van der Waals surface area (Å²) in [6.07, 6.45) is 0. The summed E-state index contributed by atoms with van der Waals surface area (Å²) in [7, 11) is 0. The predicted molar refractivity (Wildman–Crippen MR) is 228 cm³/mol. The Bertz CT molecular complexity index is 2550. The third-order valence-corrected chi connectivity index (χ3v) is 9.90. The second kappa shape index (κ2) is 16.0. The van der Waals surface area contributed by atoms with Gasteiger partial charge >= 0.3 is 0 Å². The molecule has 0 saturated carbocycles. The van der Waals surface area contributed by atoms with E-state index in [1.807, 2.05) is 84.9 Å². The third kappa shape index (κ3) is 7.95. The number of benzene rings is 8. The number of nitrogens with one attached hydrogen (secondary N) is 2. The van der Waals surface area contributed by atoms with Gasteiger partial charge < -0.3 is 20.8 Å². The molecule has 8 aromatic carbocycles. The third-order valence-electron chi connectivity index (χ3n) is 9.90. The van der Waals surface area contributed by atoms with Crippen molar-refractivity contribution in [3.63, 3.8) is 0 Å². The van der Waals surface area contributed by atoms with Crippen LogP contribution in [0.5, 0.6) is 11.5 Å². The van der Waals surface area contributed by atoms with E-state index in [2.05, 4.69) is 83.2 Å². The standard InChI is InChI=1S/C48H40N6O2/c1-31-27-35(15-21-43(31)51-53-47-25-23-45(39-7-3-5-9-41(39)47)49-29-33-11-17-37(55)18-12-33)36-16-22-44(32(2)28-36)52-54-48-26-24-46(40-8-4-6-10-42(40)48)50-30-34-13-19-38(56)20-14-34/h3-28,49-50,55-56H,29-30H2,1-2H3/b53-51+,54-52+. The van der Waals surface area contributed by atoms with Gasteiger partial charge in [0.2, 0.25) is 0 Å². The molecular formula is C48H40N6O2. The normalized spacial score (nSPS) is 11.5. The van der Waals surface area contributed by atoms with Crippen LogP contribution in [0.4, 0.5) is 34.1 Å². The molecule has 274 valence electrons. The fraction of sp³-hybridized carbons (Fsp3) is 0.0833. The zero-order valence-electron chi connectivity index (χ0n) is 31.1. The van der Waals surface area contributed by atoms with Crippen LogP contribution in [-0.4, -0.2) is 10.2 Å². The van der Waals surface area contributed by atoms with Gasteiger partial charge in [0.25, 0.3) is 0 Å². The van der Waals surface area contributed by atoms with Crippen LogP contribution in [0.3, 0.4) is 0 Å². The molecule has 0 aliphatic heterocycles. The van der Waals surface area contributed by atoms with Crippen LogP contribution in [0.2, 0.25) is 0 Å². The Labute approximate surface area is 325 Å². The number of rotatable bonds is 11. The maximum atomic E-state index is 9.61. The lowest BCUT2D eigenvalue weighted by molar-refractivity contribution is 0.474. The molecule has 0 spiro atoms. The average molecular weight is 733 g/mol. The highest BCUT2D eigenvalue weighted by atomic mass is 16.3. The number of azo groups is 2. The van der Waals surface area contributed by atoms with Crippen LogP contribution in [-0.2, 0) is 13.1 Å². The number of aryl methyl sites for hydroxylation is 2. The number of anilines is 2. The molecule has 0 aromatic heterocycles. The number of fused-ring (bicyclic) bond motifs is 2. The molecule has 0 atom stereocenters. The van der Waals surface area contributed by atoms with Crippen LogP contribution >= 0.6 is 0 Å². The SMILES string of the molecule is Cc1cc(-c2ccc(/N=N/c3ccc(NCc4ccc(O)cc4)c4ccccc34)c(C)c2)ccc1/N=N/c1ccc(NCc2ccc(O)cc2)c2ccccc12. The molecule has 0 heterocycles. The molecule has 8 rings (SSSR count). The average Bonchev–Trinajstić information content (AvgIpc) is 3.23. The first-order valence-corrected chi connectivity index (χ1v) is 18.5. The summed E-state index contributed by atoms with van der Waals surface area (Å²) < 4.78 is 0. The number of aromatic hydroxyl groups is 2. The molecule has 8 nitrogen and oxygen atoms in total. The maximum absolute atomic E-state index is 9.61. The molecule has 0 fully saturated rings. The predicted octanol–water partition coefficient (Wildman–Crippen LogP) is 13.7. The van der Waals surface area contributed by atoms with E-state index in [4.69, 9.17) is 10.2 Å². The molecule has 8 heteroatoms. The Morgan fingerprint density at radius 2 is 0.750 bits per heavy atom. The Hall–Kier alpha value is -7.32. The molecule has 0 saturated heterocycles. The van der Waals surface area contributed by atoms with E-state index in [1.54, 1.807) is 24.3 Å². The first-order valence-electron chi connectivity index (χ1n) is 18.5. The highest BCUT2D eigenvalue weighted by Crippen LogP contribution is 2.37.